The fourth-order valence-corrected chi connectivity index (χ4v) is 2.78. The van der Waals surface area contributed by atoms with E-state index >= 15 is 0 Å². The number of nitro groups is 1. The molecule has 2 rings (SSSR count). The fraction of sp³-hybridized carbons (Fsp3) is 0.385. The summed E-state index contributed by atoms with van der Waals surface area (Å²) in [7, 11) is 2.45. The number of nitrogens with two attached hydrogens (primary N) is 1. The molecule has 0 aliphatic rings. The minimum atomic E-state index is -0.823. The van der Waals surface area contributed by atoms with Gasteiger partial charge in [-0.3, -0.25) is 20.7 Å². The van der Waals surface area contributed by atoms with Gasteiger partial charge >= 0.3 is 24.1 Å². The zero-order valence-electron chi connectivity index (χ0n) is 23.6. The second kappa shape index (κ2) is 13.8. The van der Waals surface area contributed by atoms with Crippen LogP contribution in [-0.4, -0.2) is 54.5 Å². The lowest BCUT2D eigenvalue weighted by molar-refractivity contribution is -0.384. The quantitative estimate of drug-likeness (QED) is 0.143. The Balaban J connectivity index is 0.000000402. The van der Waals surface area contributed by atoms with Crippen molar-refractivity contribution in [1.82, 2.24) is 0 Å². The lowest BCUT2D eigenvalue weighted by atomic mass is 10.1. The van der Waals surface area contributed by atoms with Crippen LogP contribution in [0.4, 0.5) is 32.3 Å². The molecule has 0 radical (unpaired) electrons. The van der Waals surface area contributed by atoms with Crippen LogP contribution < -0.4 is 16.4 Å². The summed E-state index contributed by atoms with van der Waals surface area (Å²) < 4.78 is 19.2. The molecule has 0 fully saturated rings. The lowest BCUT2D eigenvalue weighted by Crippen LogP contribution is -2.27. The first kappa shape index (κ1) is 33.1. The predicted octanol–water partition coefficient (Wildman–Crippen LogP) is 5.13. The van der Waals surface area contributed by atoms with Crippen molar-refractivity contribution in [2.45, 2.75) is 52.7 Å². The maximum atomic E-state index is 11.6. The number of carbonyl (C=O) groups excluding carboxylic acids is 4. The number of hydrogen-bond acceptors (Lipinski definition) is 11. The Bertz CT molecular complexity index is 1260. The molecule has 2 aromatic carbocycles. The molecule has 40 heavy (non-hydrogen) atoms. The van der Waals surface area contributed by atoms with Crippen LogP contribution in [0.15, 0.2) is 36.4 Å². The number of amides is 2. The van der Waals surface area contributed by atoms with Gasteiger partial charge < -0.3 is 24.7 Å². The van der Waals surface area contributed by atoms with Crippen LogP contribution in [0.5, 0.6) is 0 Å². The van der Waals surface area contributed by atoms with Gasteiger partial charge in [0.2, 0.25) is 0 Å². The van der Waals surface area contributed by atoms with E-state index in [2.05, 4.69) is 20.1 Å². The minimum absolute atomic E-state index is 0.0129. The number of esters is 2. The van der Waals surface area contributed by atoms with Gasteiger partial charge in [-0.05, 0) is 71.9 Å². The summed E-state index contributed by atoms with van der Waals surface area (Å²) in [5.41, 5.74) is 4.89. The van der Waals surface area contributed by atoms with Crippen molar-refractivity contribution in [3.63, 3.8) is 0 Å². The highest BCUT2D eigenvalue weighted by molar-refractivity contribution is 5.95. The molecule has 218 valence electrons. The number of rotatable bonds is 5. The van der Waals surface area contributed by atoms with E-state index in [0.29, 0.717) is 11.3 Å². The van der Waals surface area contributed by atoms with Crippen LogP contribution in [-0.2, 0) is 18.9 Å². The molecule has 0 heterocycles. The van der Waals surface area contributed by atoms with Crippen molar-refractivity contribution in [2.24, 2.45) is 0 Å². The maximum Gasteiger partial charge on any atom is 0.412 e. The molecule has 0 saturated carbocycles. The average molecular weight is 563 g/mol. The number of methoxy groups -OCH3 is 2. The number of anilines is 3. The predicted molar refractivity (Wildman–Crippen MR) is 146 cm³/mol. The maximum absolute atomic E-state index is 11.6. The van der Waals surface area contributed by atoms with Crippen LogP contribution >= 0.6 is 0 Å². The number of hydrogen-bond donors (Lipinski definition) is 3. The number of nitro benzene ring substituents is 1. The Kier molecular flexibility index (Phi) is 11.4. The summed E-state index contributed by atoms with van der Waals surface area (Å²) in [6.45, 7) is 10.3. The molecule has 14 heteroatoms. The highest BCUT2D eigenvalue weighted by Crippen LogP contribution is 2.26. The summed E-state index contributed by atoms with van der Waals surface area (Å²) in [4.78, 5) is 56.2. The van der Waals surface area contributed by atoms with Gasteiger partial charge in [-0.1, -0.05) is 0 Å². The van der Waals surface area contributed by atoms with Crippen LogP contribution in [0.1, 0.15) is 62.3 Å². The summed E-state index contributed by atoms with van der Waals surface area (Å²) in [5, 5.41) is 15.8. The minimum Gasteiger partial charge on any atom is -0.465 e. The number of nitrogens with one attached hydrogen (secondary N) is 2. The Labute approximate surface area is 231 Å². The van der Waals surface area contributed by atoms with E-state index in [4.69, 9.17) is 15.2 Å². The third-order valence-electron chi connectivity index (χ3n) is 4.36. The monoisotopic (exact) mass is 562 g/mol. The Hall–Kier alpha value is -4.88. The van der Waals surface area contributed by atoms with Crippen LogP contribution in [0, 0.1) is 10.1 Å². The Morgan fingerprint density at radius 1 is 0.750 bits per heavy atom. The molecule has 0 bridgehead atoms. The molecule has 0 aromatic heterocycles. The average Bonchev–Trinajstić information content (AvgIpc) is 2.82. The van der Waals surface area contributed by atoms with Crippen molar-refractivity contribution in [2.75, 3.05) is 30.6 Å². The van der Waals surface area contributed by atoms with Gasteiger partial charge in [0.05, 0.1) is 41.6 Å². The second-order valence-electron chi connectivity index (χ2n) is 10.0. The molecule has 0 aliphatic heterocycles. The van der Waals surface area contributed by atoms with Crippen LogP contribution in [0.25, 0.3) is 0 Å². The van der Waals surface area contributed by atoms with Crippen LogP contribution in [0.2, 0.25) is 0 Å². The molecule has 4 N–H and O–H groups in total. The zero-order chi connectivity index (χ0) is 30.8. The van der Waals surface area contributed by atoms with Gasteiger partial charge in [-0.25, -0.2) is 19.2 Å². The number of benzene rings is 2. The SMILES string of the molecule is COC(=O)c1ccc(NC(=O)OC(C)(C)C)c(N)c1.COC(=O)c1ccc(NC(=O)OC(C)(C)C)c([N+](=O)[O-])c1. The molecule has 2 amide bonds. The van der Waals surface area contributed by atoms with E-state index in [0.717, 1.165) is 6.07 Å². The van der Waals surface area contributed by atoms with Crippen molar-refractivity contribution in [1.29, 1.82) is 0 Å². The molecule has 14 nitrogen and oxygen atoms in total. The number of carbonyl (C=O) groups is 4. The fourth-order valence-electron chi connectivity index (χ4n) is 2.78. The van der Waals surface area contributed by atoms with Gasteiger partial charge in [-0.15, -0.1) is 0 Å². The third kappa shape index (κ3) is 11.2. The summed E-state index contributed by atoms with van der Waals surface area (Å²) in [6, 6.07) is 8.04. The third-order valence-corrected chi connectivity index (χ3v) is 4.36. The van der Waals surface area contributed by atoms with Gasteiger partial charge in [0.15, 0.2) is 0 Å². The molecular weight excluding hydrogens is 528 g/mol. The topological polar surface area (TPSA) is 198 Å². The molecule has 0 unspecified atom stereocenters. The first-order chi connectivity index (χ1) is 18.4. The van der Waals surface area contributed by atoms with E-state index in [9.17, 15) is 29.3 Å². The van der Waals surface area contributed by atoms with E-state index < -0.39 is 45.9 Å². The second-order valence-corrected chi connectivity index (χ2v) is 10.0. The largest absolute Gasteiger partial charge is 0.465 e. The molecule has 0 atom stereocenters. The summed E-state index contributed by atoms with van der Waals surface area (Å²) in [5.74, 6) is -1.20. The van der Waals surface area contributed by atoms with E-state index in [-0.39, 0.29) is 16.9 Å². The first-order valence-electron chi connectivity index (χ1n) is 11.7. The summed E-state index contributed by atoms with van der Waals surface area (Å²) in [6.07, 6.45) is -1.43. The summed E-state index contributed by atoms with van der Waals surface area (Å²) >= 11 is 0. The van der Waals surface area contributed by atoms with Gasteiger partial charge in [0.25, 0.3) is 5.69 Å². The number of nitrogen functional groups attached to an aromatic ring is 1. The normalized spacial score (nSPS) is 10.7. The molecule has 2 aromatic rings. The highest BCUT2D eigenvalue weighted by atomic mass is 16.6. The standard InChI is InChI=1S/C13H16N2O6.C13H18N2O4/c1-13(2,3)21-12(17)14-9-6-5-8(11(16)20-4)7-10(9)15(18)19;1-13(2,3)19-12(17)15-10-6-5-8(7-9(10)14)11(16)18-4/h5-7H,1-4H3,(H,14,17);5-7H,14H2,1-4H3,(H,15,17). The van der Waals surface area contributed by atoms with Gasteiger partial charge in [-0.2, -0.15) is 0 Å². The smallest absolute Gasteiger partial charge is 0.412 e. The van der Waals surface area contributed by atoms with Crippen molar-refractivity contribution < 1.29 is 43.0 Å². The zero-order valence-corrected chi connectivity index (χ0v) is 23.6. The van der Waals surface area contributed by atoms with Crippen LogP contribution in [0.3, 0.4) is 0 Å². The van der Waals surface area contributed by atoms with Gasteiger partial charge in [0.1, 0.15) is 16.9 Å². The van der Waals surface area contributed by atoms with Crippen molar-refractivity contribution in [3.05, 3.63) is 57.6 Å². The molecule has 0 saturated heterocycles. The van der Waals surface area contributed by atoms with Gasteiger partial charge in [0, 0.05) is 6.07 Å². The van der Waals surface area contributed by atoms with Crippen molar-refractivity contribution >= 4 is 46.9 Å². The Morgan fingerprint density at radius 2 is 1.15 bits per heavy atom. The molecule has 0 aliphatic carbocycles. The lowest BCUT2D eigenvalue weighted by Gasteiger charge is -2.20. The van der Waals surface area contributed by atoms with E-state index in [1.165, 1.54) is 44.6 Å². The Morgan fingerprint density at radius 3 is 1.52 bits per heavy atom. The number of nitrogens with zero attached hydrogens (tertiary/aromatic N) is 1. The highest BCUT2D eigenvalue weighted by Gasteiger charge is 2.22. The van der Waals surface area contributed by atoms with E-state index in [1.807, 2.05) is 0 Å². The molecular formula is C26H34N4O10. The number of ether oxygens (including phenoxy) is 4. The van der Waals surface area contributed by atoms with Crippen molar-refractivity contribution in [3.8, 4) is 0 Å². The first-order valence-corrected chi connectivity index (χ1v) is 11.7. The van der Waals surface area contributed by atoms with E-state index in [1.54, 1.807) is 41.5 Å². The molecule has 0 spiro atoms.